The Balaban J connectivity index is 2.81. The van der Waals surface area contributed by atoms with Gasteiger partial charge in [-0.05, 0) is 33.6 Å². The Morgan fingerprint density at radius 1 is 1.39 bits per heavy atom. The second-order valence-corrected chi connectivity index (χ2v) is 5.71. The topological polar surface area (TPSA) is 75.6 Å². The summed E-state index contributed by atoms with van der Waals surface area (Å²) in [4.78, 5) is 23.5. The lowest BCUT2D eigenvalue weighted by atomic mass is 9.71. The van der Waals surface area contributed by atoms with E-state index in [1.165, 1.54) is 7.11 Å². The van der Waals surface area contributed by atoms with E-state index in [-0.39, 0.29) is 11.9 Å². The van der Waals surface area contributed by atoms with Crippen molar-refractivity contribution >= 4 is 11.9 Å². The summed E-state index contributed by atoms with van der Waals surface area (Å²) in [6.45, 7) is 5.05. The van der Waals surface area contributed by atoms with Crippen LogP contribution in [0.3, 0.4) is 0 Å². The monoisotopic (exact) mass is 257 g/mol. The molecule has 0 aliphatic heterocycles. The number of carbonyl (C=O) groups excluding carboxylic acids is 1. The fourth-order valence-corrected chi connectivity index (χ4v) is 2.25. The Bertz CT molecular complexity index is 340. The molecule has 18 heavy (non-hydrogen) atoms. The second kappa shape index (κ2) is 5.26. The van der Waals surface area contributed by atoms with Gasteiger partial charge in [0.15, 0.2) is 0 Å². The van der Waals surface area contributed by atoms with E-state index in [2.05, 4.69) is 5.32 Å². The molecule has 0 aromatic carbocycles. The lowest BCUT2D eigenvalue weighted by Gasteiger charge is -2.39. The van der Waals surface area contributed by atoms with Crippen molar-refractivity contribution in [3.8, 4) is 0 Å². The van der Waals surface area contributed by atoms with Crippen LogP contribution < -0.4 is 5.32 Å². The Morgan fingerprint density at radius 2 is 2.00 bits per heavy atom. The number of amides is 1. The van der Waals surface area contributed by atoms with Gasteiger partial charge in [-0.3, -0.25) is 9.59 Å². The maximum Gasteiger partial charge on any atom is 0.311 e. The van der Waals surface area contributed by atoms with Crippen molar-refractivity contribution in [1.29, 1.82) is 0 Å². The third-order valence-electron chi connectivity index (χ3n) is 4.06. The van der Waals surface area contributed by atoms with Gasteiger partial charge < -0.3 is 15.2 Å². The molecule has 1 saturated carbocycles. The van der Waals surface area contributed by atoms with Gasteiger partial charge in [0.25, 0.3) is 5.91 Å². The van der Waals surface area contributed by atoms with E-state index < -0.39 is 17.0 Å². The zero-order valence-electron chi connectivity index (χ0n) is 11.6. The molecule has 0 radical (unpaired) electrons. The van der Waals surface area contributed by atoms with Crippen LogP contribution in [0.25, 0.3) is 0 Å². The molecular weight excluding hydrogens is 234 g/mol. The van der Waals surface area contributed by atoms with Crippen LogP contribution in [0.1, 0.15) is 46.5 Å². The summed E-state index contributed by atoms with van der Waals surface area (Å²) in [5.74, 6) is -1.10. The number of carboxylic acid groups (broad SMARTS) is 1. The van der Waals surface area contributed by atoms with Gasteiger partial charge in [-0.2, -0.15) is 0 Å². The van der Waals surface area contributed by atoms with Gasteiger partial charge >= 0.3 is 5.97 Å². The fourth-order valence-electron chi connectivity index (χ4n) is 2.25. The summed E-state index contributed by atoms with van der Waals surface area (Å²) in [5.41, 5.74) is -1.81. The van der Waals surface area contributed by atoms with Crippen molar-refractivity contribution in [3.63, 3.8) is 0 Å². The van der Waals surface area contributed by atoms with Gasteiger partial charge in [-0.15, -0.1) is 0 Å². The van der Waals surface area contributed by atoms with E-state index in [9.17, 15) is 14.7 Å². The molecule has 0 aromatic rings. The van der Waals surface area contributed by atoms with E-state index >= 15 is 0 Å². The SMILES string of the molecule is COC(C)(C)C(=O)NC1CCCCC1(C)C(=O)O. The molecule has 2 atom stereocenters. The molecule has 5 nitrogen and oxygen atoms in total. The molecule has 0 saturated heterocycles. The minimum absolute atomic E-state index is 0.260. The second-order valence-electron chi connectivity index (χ2n) is 5.71. The van der Waals surface area contributed by atoms with Crippen LogP contribution in [0.2, 0.25) is 0 Å². The zero-order chi connectivity index (χ0) is 14.0. The van der Waals surface area contributed by atoms with E-state index in [4.69, 9.17) is 4.74 Å². The number of ether oxygens (including phenoxy) is 1. The van der Waals surface area contributed by atoms with Gasteiger partial charge in [-0.25, -0.2) is 0 Å². The van der Waals surface area contributed by atoms with Gasteiger partial charge in [0.1, 0.15) is 5.60 Å². The first kappa shape index (κ1) is 15.0. The smallest absolute Gasteiger partial charge is 0.311 e. The van der Waals surface area contributed by atoms with Crippen LogP contribution >= 0.6 is 0 Å². The Labute approximate surface area is 108 Å². The number of carboxylic acids is 1. The van der Waals surface area contributed by atoms with Gasteiger partial charge in [0.05, 0.1) is 5.41 Å². The van der Waals surface area contributed by atoms with Crippen molar-refractivity contribution in [2.24, 2.45) is 5.41 Å². The molecule has 1 rings (SSSR count). The highest BCUT2D eigenvalue weighted by molar-refractivity contribution is 5.85. The maximum absolute atomic E-state index is 12.0. The summed E-state index contributed by atoms with van der Waals surface area (Å²) in [5, 5.41) is 12.2. The Kier molecular flexibility index (Phi) is 4.37. The molecule has 1 amide bonds. The maximum atomic E-state index is 12.0. The summed E-state index contributed by atoms with van der Waals surface area (Å²) < 4.78 is 5.11. The van der Waals surface area contributed by atoms with Crippen LogP contribution in [-0.4, -0.2) is 35.7 Å². The van der Waals surface area contributed by atoms with Crippen molar-refractivity contribution in [1.82, 2.24) is 5.32 Å². The van der Waals surface area contributed by atoms with Crippen LogP contribution in [0, 0.1) is 5.41 Å². The lowest BCUT2D eigenvalue weighted by molar-refractivity contribution is -0.153. The number of nitrogens with one attached hydrogen (secondary N) is 1. The summed E-state index contributed by atoms with van der Waals surface area (Å²) in [6.07, 6.45) is 3.14. The molecule has 2 N–H and O–H groups in total. The molecule has 2 unspecified atom stereocenters. The van der Waals surface area contributed by atoms with Gasteiger partial charge in [0.2, 0.25) is 0 Å². The normalized spacial score (nSPS) is 28.8. The highest BCUT2D eigenvalue weighted by Crippen LogP contribution is 2.36. The number of aliphatic carboxylic acids is 1. The van der Waals surface area contributed by atoms with Crippen LogP contribution in [0.15, 0.2) is 0 Å². The first-order chi connectivity index (χ1) is 8.24. The van der Waals surface area contributed by atoms with Crippen LogP contribution in [0.4, 0.5) is 0 Å². The highest BCUT2D eigenvalue weighted by atomic mass is 16.5. The molecule has 0 aromatic heterocycles. The zero-order valence-corrected chi connectivity index (χ0v) is 11.6. The van der Waals surface area contributed by atoms with E-state index in [0.717, 1.165) is 12.8 Å². The first-order valence-corrected chi connectivity index (χ1v) is 6.33. The predicted molar refractivity (Wildman–Crippen MR) is 67.2 cm³/mol. The summed E-state index contributed by atoms with van der Waals surface area (Å²) in [6, 6.07) is -0.328. The largest absolute Gasteiger partial charge is 0.481 e. The molecule has 0 spiro atoms. The number of hydrogen-bond acceptors (Lipinski definition) is 3. The number of methoxy groups -OCH3 is 1. The first-order valence-electron chi connectivity index (χ1n) is 6.33. The molecule has 1 aliphatic carbocycles. The molecule has 1 aliphatic rings. The molecule has 0 heterocycles. The molecular formula is C13H23NO4. The van der Waals surface area contributed by atoms with Crippen molar-refractivity contribution in [3.05, 3.63) is 0 Å². The number of hydrogen-bond donors (Lipinski definition) is 2. The predicted octanol–water partition coefficient (Wildman–Crippen LogP) is 1.56. The molecule has 1 fully saturated rings. The average Bonchev–Trinajstić information content (AvgIpc) is 2.31. The Hall–Kier alpha value is -1.10. The van der Waals surface area contributed by atoms with E-state index in [0.29, 0.717) is 12.8 Å². The van der Waals surface area contributed by atoms with Crippen LogP contribution in [0.5, 0.6) is 0 Å². The third-order valence-corrected chi connectivity index (χ3v) is 4.06. The van der Waals surface area contributed by atoms with Crippen LogP contribution in [-0.2, 0) is 14.3 Å². The van der Waals surface area contributed by atoms with E-state index in [1.807, 2.05) is 0 Å². The molecule has 0 bridgehead atoms. The third kappa shape index (κ3) is 2.83. The summed E-state index contributed by atoms with van der Waals surface area (Å²) in [7, 11) is 1.47. The molecule has 5 heteroatoms. The van der Waals surface area contributed by atoms with Crippen molar-refractivity contribution < 1.29 is 19.4 Å². The fraction of sp³-hybridized carbons (Fsp3) is 0.846. The highest BCUT2D eigenvalue weighted by Gasteiger charge is 2.45. The van der Waals surface area contributed by atoms with Gasteiger partial charge in [0, 0.05) is 13.2 Å². The number of carbonyl (C=O) groups is 2. The molecule has 104 valence electrons. The van der Waals surface area contributed by atoms with Gasteiger partial charge in [-0.1, -0.05) is 12.8 Å². The Morgan fingerprint density at radius 3 is 2.50 bits per heavy atom. The summed E-state index contributed by atoms with van der Waals surface area (Å²) >= 11 is 0. The van der Waals surface area contributed by atoms with E-state index in [1.54, 1.807) is 20.8 Å². The van der Waals surface area contributed by atoms with Crippen molar-refractivity contribution in [2.75, 3.05) is 7.11 Å². The minimum atomic E-state index is -0.934. The standard InChI is InChI=1S/C13H23NO4/c1-12(2,18-4)10(15)14-9-7-5-6-8-13(9,3)11(16)17/h9H,5-8H2,1-4H3,(H,14,15)(H,16,17). The number of rotatable bonds is 4. The average molecular weight is 257 g/mol. The minimum Gasteiger partial charge on any atom is -0.481 e. The quantitative estimate of drug-likeness (QED) is 0.801. The van der Waals surface area contributed by atoms with Crippen molar-refractivity contribution in [2.45, 2.75) is 58.1 Å². The lowest BCUT2D eigenvalue weighted by Crippen LogP contribution is -2.56.